The minimum atomic E-state index is -1.08. The first-order valence-corrected chi connectivity index (χ1v) is 6.44. The molecular weight excluding hydrogens is 242 g/mol. The standard InChI is InChI=1S/C10H13N3O3S/c14-9(12-3-5-17-6-4-12)7-13-2-1-8(11-13)10(15)16/h1-2H,3-7H2,(H,15,16). The molecule has 1 saturated heterocycles. The Morgan fingerprint density at radius 1 is 1.41 bits per heavy atom. The summed E-state index contributed by atoms with van der Waals surface area (Å²) >= 11 is 1.84. The Kier molecular flexibility index (Phi) is 3.68. The molecule has 17 heavy (non-hydrogen) atoms. The summed E-state index contributed by atoms with van der Waals surface area (Å²) in [7, 11) is 0. The van der Waals surface area contributed by atoms with Crippen molar-refractivity contribution in [2.75, 3.05) is 24.6 Å². The fraction of sp³-hybridized carbons (Fsp3) is 0.500. The average molecular weight is 255 g/mol. The molecule has 0 saturated carbocycles. The van der Waals surface area contributed by atoms with Crippen LogP contribution in [-0.2, 0) is 11.3 Å². The summed E-state index contributed by atoms with van der Waals surface area (Å²) in [4.78, 5) is 24.3. The Bertz CT molecular complexity index is 426. The number of carboxylic acids is 1. The Hall–Kier alpha value is -1.50. The van der Waals surface area contributed by atoms with Crippen LogP contribution in [0, 0.1) is 0 Å². The van der Waals surface area contributed by atoms with E-state index in [-0.39, 0.29) is 18.1 Å². The van der Waals surface area contributed by atoms with Gasteiger partial charge in [0.2, 0.25) is 5.91 Å². The van der Waals surface area contributed by atoms with Crippen molar-refractivity contribution in [3.63, 3.8) is 0 Å². The van der Waals surface area contributed by atoms with Crippen molar-refractivity contribution in [2.45, 2.75) is 6.54 Å². The zero-order valence-electron chi connectivity index (χ0n) is 9.20. The summed E-state index contributed by atoms with van der Waals surface area (Å²) in [6, 6.07) is 1.39. The van der Waals surface area contributed by atoms with E-state index in [0.717, 1.165) is 24.6 Å². The van der Waals surface area contributed by atoms with Crippen molar-refractivity contribution in [3.8, 4) is 0 Å². The summed E-state index contributed by atoms with van der Waals surface area (Å²) < 4.78 is 1.37. The molecule has 2 heterocycles. The smallest absolute Gasteiger partial charge is 0.356 e. The molecule has 0 spiro atoms. The summed E-state index contributed by atoms with van der Waals surface area (Å²) in [6.45, 7) is 1.63. The number of carbonyl (C=O) groups is 2. The molecule has 1 N–H and O–H groups in total. The number of aromatic carboxylic acids is 1. The Balaban J connectivity index is 1.94. The highest BCUT2D eigenvalue weighted by Gasteiger charge is 2.17. The third kappa shape index (κ3) is 3.00. The number of carboxylic acid groups (broad SMARTS) is 1. The van der Waals surface area contributed by atoms with Gasteiger partial charge in [-0.3, -0.25) is 9.48 Å². The van der Waals surface area contributed by atoms with E-state index in [1.54, 1.807) is 4.90 Å². The highest BCUT2D eigenvalue weighted by atomic mass is 32.2. The van der Waals surface area contributed by atoms with Crippen molar-refractivity contribution in [3.05, 3.63) is 18.0 Å². The van der Waals surface area contributed by atoms with Gasteiger partial charge in [-0.25, -0.2) is 4.79 Å². The van der Waals surface area contributed by atoms with Crippen LogP contribution in [0.25, 0.3) is 0 Å². The third-order valence-corrected chi connectivity index (χ3v) is 3.46. The second-order valence-corrected chi connectivity index (χ2v) is 4.92. The maximum absolute atomic E-state index is 11.9. The SMILES string of the molecule is O=C(O)c1ccn(CC(=O)N2CCSCC2)n1. The minimum absolute atomic E-state index is 0.00895. The number of thioether (sulfide) groups is 1. The highest BCUT2D eigenvalue weighted by Crippen LogP contribution is 2.09. The number of aromatic nitrogens is 2. The van der Waals surface area contributed by atoms with Crippen LogP contribution in [0.3, 0.4) is 0 Å². The third-order valence-electron chi connectivity index (χ3n) is 2.52. The van der Waals surface area contributed by atoms with Crippen LogP contribution in [0.4, 0.5) is 0 Å². The van der Waals surface area contributed by atoms with Crippen LogP contribution in [0.2, 0.25) is 0 Å². The second-order valence-electron chi connectivity index (χ2n) is 3.70. The molecule has 0 unspecified atom stereocenters. The molecule has 1 aliphatic heterocycles. The van der Waals surface area contributed by atoms with E-state index in [2.05, 4.69) is 5.10 Å². The number of amides is 1. The van der Waals surface area contributed by atoms with Crippen molar-refractivity contribution >= 4 is 23.6 Å². The minimum Gasteiger partial charge on any atom is -0.476 e. The second kappa shape index (κ2) is 5.22. The lowest BCUT2D eigenvalue weighted by Crippen LogP contribution is -2.39. The summed E-state index contributed by atoms with van der Waals surface area (Å²) in [5.74, 6) is 0.840. The monoisotopic (exact) mass is 255 g/mol. The van der Waals surface area contributed by atoms with E-state index in [1.807, 2.05) is 11.8 Å². The van der Waals surface area contributed by atoms with Crippen LogP contribution in [0.15, 0.2) is 12.3 Å². The molecule has 0 atom stereocenters. The average Bonchev–Trinajstić information content (AvgIpc) is 2.79. The first-order valence-electron chi connectivity index (χ1n) is 5.29. The Morgan fingerprint density at radius 3 is 2.71 bits per heavy atom. The maximum atomic E-state index is 11.9. The molecule has 0 aromatic carbocycles. The number of hydrogen-bond donors (Lipinski definition) is 1. The zero-order chi connectivity index (χ0) is 12.3. The van der Waals surface area contributed by atoms with Crippen molar-refractivity contribution in [1.82, 2.24) is 14.7 Å². The van der Waals surface area contributed by atoms with Gasteiger partial charge in [0.05, 0.1) is 0 Å². The van der Waals surface area contributed by atoms with Gasteiger partial charge in [-0.2, -0.15) is 16.9 Å². The number of nitrogens with zero attached hydrogens (tertiary/aromatic N) is 3. The van der Waals surface area contributed by atoms with Crippen molar-refractivity contribution < 1.29 is 14.7 Å². The number of carbonyl (C=O) groups excluding carboxylic acids is 1. The van der Waals surface area contributed by atoms with Gasteiger partial charge in [-0.15, -0.1) is 0 Å². The van der Waals surface area contributed by atoms with Crippen LogP contribution >= 0.6 is 11.8 Å². The topological polar surface area (TPSA) is 75.4 Å². The van der Waals surface area contributed by atoms with E-state index >= 15 is 0 Å². The molecule has 6 nitrogen and oxygen atoms in total. The zero-order valence-corrected chi connectivity index (χ0v) is 10.0. The van der Waals surface area contributed by atoms with Gasteiger partial charge in [0.15, 0.2) is 5.69 Å². The van der Waals surface area contributed by atoms with Gasteiger partial charge in [0.1, 0.15) is 6.54 Å². The predicted molar refractivity (Wildman–Crippen MR) is 63.1 cm³/mol. The van der Waals surface area contributed by atoms with E-state index in [4.69, 9.17) is 5.11 Å². The lowest BCUT2D eigenvalue weighted by molar-refractivity contribution is -0.131. The van der Waals surface area contributed by atoms with Gasteiger partial charge in [0.25, 0.3) is 0 Å². The number of rotatable bonds is 3. The van der Waals surface area contributed by atoms with E-state index in [1.165, 1.54) is 16.9 Å². The Morgan fingerprint density at radius 2 is 2.12 bits per heavy atom. The summed E-state index contributed by atoms with van der Waals surface area (Å²) in [5, 5.41) is 12.5. The molecule has 1 aromatic heterocycles. The summed E-state index contributed by atoms with van der Waals surface area (Å²) in [6.07, 6.45) is 1.51. The van der Waals surface area contributed by atoms with Crippen molar-refractivity contribution in [1.29, 1.82) is 0 Å². The van der Waals surface area contributed by atoms with E-state index in [9.17, 15) is 9.59 Å². The lowest BCUT2D eigenvalue weighted by atomic mass is 10.4. The highest BCUT2D eigenvalue weighted by molar-refractivity contribution is 7.99. The van der Waals surface area contributed by atoms with Gasteiger partial charge in [-0.05, 0) is 6.07 Å². The molecular formula is C10H13N3O3S. The van der Waals surface area contributed by atoms with Crippen LogP contribution in [0.1, 0.15) is 10.5 Å². The van der Waals surface area contributed by atoms with Crippen LogP contribution in [0.5, 0.6) is 0 Å². The first-order chi connectivity index (χ1) is 8.16. The fourth-order valence-corrected chi connectivity index (χ4v) is 2.52. The molecule has 2 rings (SSSR count). The first kappa shape index (κ1) is 12.0. The van der Waals surface area contributed by atoms with Gasteiger partial charge < -0.3 is 10.0 Å². The van der Waals surface area contributed by atoms with E-state index in [0.29, 0.717) is 0 Å². The number of hydrogen-bond acceptors (Lipinski definition) is 4. The largest absolute Gasteiger partial charge is 0.476 e. The maximum Gasteiger partial charge on any atom is 0.356 e. The predicted octanol–water partition coefficient (Wildman–Crippen LogP) is 0.157. The fourth-order valence-electron chi connectivity index (χ4n) is 1.62. The molecule has 0 aliphatic carbocycles. The van der Waals surface area contributed by atoms with Crippen molar-refractivity contribution in [2.24, 2.45) is 0 Å². The molecule has 1 amide bonds. The normalized spacial score (nSPS) is 15.9. The van der Waals surface area contributed by atoms with Crippen LogP contribution in [-0.4, -0.2) is 56.3 Å². The van der Waals surface area contributed by atoms with Gasteiger partial charge in [0, 0.05) is 30.8 Å². The van der Waals surface area contributed by atoms with Gasteiger partial charge >= 0.3 is 5.97 Å². The quantitative estimate of drug-likeness (QED) is 0.832. The molecule has 0 radical (unpaired) electrons. The van der Waals surface area contributed by atoms with E-state index < -0.39 is 5.97 Å². The summed E-state index contributed by atoms with van der Waals surface area (Å²) in [5.41, 5.74) is -0.0352. The molecule has 0 bridgehead atoms. The molecule has 92 valence electrons. The molecule has 7 heteroatoms. The molecule has 1 aromatic rings. The lowest BCUT2D eigenvalue weighted by Gasteiger charge is -2.26. The molecule has 1 aliphatic rings. The molecule has 1 fully saturated rings. The van der Waals surface area contributed by atoms with Gasteiger partial charge in [-0.1, -0.05) is 0 Å². The van der Waals surface area contributed by atoms with Crippen LogP contribution < -0.4 is 0 Å². The Labute approximate surface area is 103 Å².